The Labute approximate surface area is 128 Å². The molecule has 0 heterocycles. The molecule has 0 spiro atoms. The van der Waals surface area contributed by atoms with Crippen molar-refractivity contribution in [2.75, 3.05) is 6.61 Å². The van der Waals surface area contributed by atoms with Gasteiger partial charge in [0, 0.05) is 11.6 Å². The zero-order valence-electron chi connectivity index (χ0n) is 12.1. The fourth-order valence-corrected chi connectivity index (χ4v) is 1.94. The Balaban J connectivity index is 2.16. The number of carbonyl (C=O) groups excluding carboxylic acids is 1. The van der Waals surface area contributed by atoms with Gasteiger partial charge in [-0.3, -0.25) is 14.9 Å². The Morgan fingerprint density at radius 2 is 1.86 bits per heavy atom. The molecule has 0 radical (unpaired) electrons. The number of rotatable bonds is 6. The molecule has 112 valence electrons. The van der Waals surface area contributed by atoms with E-state index >= 15 is 0 Å². The number of benzene rings is 2. The molecule has 0 aliphatic rings. The minimum absolute atomic E-state index is 0.0294. The van der Waals surface area contributed by atoms with Gasteiger partial charge in [0.05, 0.1) is 17.1 Å². The molecule has 0 aliphatic carbocycles. The van der Waals surface area contributed by atoms with E-state index in [0.717, 1.165) is 0 Å². The van der Waals surface area contributed by atoms with Gasteiger partial charge in [-0.05, 0) is 49.4 Å². The van der Waals surface area contributed by atoms with Crippen molar-refractivity contribution in [1.82, 2.24) is 0 Å². The number of para-hydroxylation sites is 1. The average molecular weight is 297 g/mol. The van der Waals surface area contributed by atoms with E-state index in [1.165, 1.54) is 18.2 Å². The second-order valence-corrected chi connectivity index (χ2v) is 4.47. The van der Waals surface area contributed by atoms with Crippen molar-refractivity contribution in [1.29, 1.82) is 0 Å². The summed E-state index contributed by atoms with van der Waals surface area (Å²) in [6.07, 6.45) is 2.79. The fraction of sp³-hybridized carbons (Fsp3) is 0.118. The fourth-order valence-electron chi connectivity index (χ4n) is 1.94. The first-order chi connectivity index (χ1) is 10.6. The molecule has 0 amide bonds. The lowest BCUT2D eigenvalue weighted by Crippen LogP contribution is -1.96. The number of hydrogen-bond donors (Lipinski definition) is 0. The topological polar surface area (TPSA) is 69.4 Å². The largest absolute Gasteiger partial charge is 0.494 e. The van der Waals surface area contributed by atoms with Crippen LogP contribution in [-0.4, -0.2) is 17.3 Å². The number of ketones is 1. The van der Waals surface area contributed by atoms with Gasteiger partial charge in [-0.15, -0.1) is 0 Å². The van der Waals surface area contributed by atoms with Gasteiger partial charge in [0.25, 0.3) is 5.69 Å². The van der Waals surface area contributed by atoms with Crippen LogP contribution in [0.25, 0.3) is 6.08 Å². The molecule has 5 nitrogen and oxygen atoms in total. The minimum atomic E-state index is -0.471. The number of carbonyl (C=O) groups is 1. The molecule has 2 aromatic carbocycles. The van der Waals surface area contributed by atoms with Gasteiger partial charge in [0.1, 0.15) is 5.75 Å². The van der Waals surface area contributed by atoms with Crippen LogP contribution >= 0.6 is 0 Å². The Hall–Kier alpha value is -2.95. The predicted octanol–water partition coefficient (Wildman–Crippen LogP) is 3.89. The molecule has 0 saturated heterocycles. The maximum absolute atomic E-state index is 12.1. The molecule has 0 atom stereocenters. The molecule has 0 aliphatic heterocycles. The average Bonchev–Trinajstić information content (AvgIpc) is 2.54. The number of nitrogens with zero attached hydrogens (tertiary/aromatic N) is 1. The van der Waals surface area contributed by atoms with E-state index in [0.29, 0.717) is 23.5 Å². The predicted molar refractivity (Wildman–Crippen MR) is 84.1 cm³/mol. The quantitative estimate of drug-likeness (QED) is 0.351. The van der Waals surface area contributed by atoms with Gasteiger partial charge in [-0.1, -0.05) is 12.1 Å². The lowest BCUT2D eigenvalue weighted by Gasteiger charge is -2.02. The summed E-state index contributed by atoms with van der Waals surface area (Å²) in [7, 11) is 0. The molecule has 22 heavy (non-hydrogen) atoms. The van der Waals surface area contributed by atoms with Crippen LogP contribution in [0.2, 0.25) is 0 Å². The highest BCUT2D eigenvalue weighted by Gasteiger charge is 2.10. The zero-order chi connectivity index (χ0) is 15.9. The first-order valence-corrected chi connectivity index (χ1v) is 6.80. The number of ether oxygens (including phenoxy) is 1. The first-order valence-electron chi connectivity index (χ1n) is 6.80. The van der Waals surface area contributed by atoms with Crippen molar-refractivity contribution in [2.45, 2.75) is 6.92 Å². The van der Waals surface area contributed by atoms with Crippen LogP contribution in [0, 0.1) is 10.1 Å². The maximum atomic E-state index is 12.1. The highest BCUT2D eigenvalue weighted by Crippen LogP contribution is 2.19. The van der Waals surface area contributed by atoms with Crippen LogP contribution in [0.1, 0.15) is 22.8 Å². The summed E-state index contributed by atoms with van der Waals surface area (Å²) < 4.78 is 5.31. The van der Waals surface area contributed by atoms with Crippen LogP contribution in [-0.2, 0) is 0 Å². The molecule has 0 saturated carbocycles. The molecule has 0 aromatic heterocycles. The van der Waals surface area contributed by atoms with E-state index in [1.54, 1.807) is 42.5 Å². The zero-order valence-corrected chi connectivity index (χ0v) is 12.1. The van der Waals surface area contributed by atoms with Crippen molar-refractivity contribution in [2.24, 2.45) is 0 Å². The SMILES string of the molecule is CCOc1ccc(C(=O)C=Cc2ccccc2[N+](=O)[O-])cc1. The standard InChI is InChI=1S/C17H15NO4/c1-2-22-15-10-7-14(8-11-15)17(19)12-9-13-5-3-4-6-16(13)18(20)21/h3-12H,2H2,1H3. The van der Waals surface area contributed by atoms with Crippen LogP contribution in [0.15, 0.2) is 54.6 Å². The Morgan fingerprint density at radius 3 is 2.50 bits per heavy atom. The number of nitro benzene ring substituents is 1. The highest BCUT2D eigenvalue weighted by molar-refractivity contribution is 6.07. The lowest BCUT2D eigenvalue weighted by molar-refractivity contribution is -0.385. The van der Waals surface area contributed by atoms with Crippen molar-refractivity contribution in [3.63, 3.8) is 0 Å². The van der Waals surface area contributed by atoms with Crippen molar-refractivity contribution >= 4 is 17.5 Å². The molecule has 2 rings (SSSR count). The number of nitro groups is 1. The molecular weight excluding hydrogens is 282 g/mol. The van der Waals surface area contributed by atoms with Gasteiger partial charge >= 0.3 is 0 Å². The maximum Gasteiger partial charge on any atom is 0.276 e. The van der Waals surface area contributed by atoms with E-state index in [-0.39, 0.29) is 11.5 Å². The summed E-state index contributed by atoms with van der Waals surface area (Å²) in [4.78, 5) is 22.5. The van der Waals surface area contributed by atoms with E-state index in [4.69, 9.17) is 4.74 Å². The molecule has 0 fully saturated rings. The molecule has 0 unspecified atom stereocenters. The van der Waals surface area contributed by atoms with E-state index in [9.17, 15) is 14.9 Å². The lowest BCUT2D eigenvalue weighted by atomic mass is 10.1. The first kappa shape index (κ1) is 15.4. The molecular formula is C17H15NO4. The van der Waals surface area contributed by atoms with E-state index in [2.05, 4.69) is 0 Å². The Kier molecular flexibility index (Phi) is 5.03. The normalized spacial score (nSPS) is 10.6. The minimum Gasteiger partial charge on any atom is -0.494 e. The molecule has 2 aromatic rings. The summed E-state index contributed by atoms with van der Waals surface area (Å²) in [5.74, 6) is 0.475. The highest BCUT2D eigenvalue weighted by atomic mass is 16.6. The smallest absolute Gasteiger partial charge is 0.276 e. The van der Waals surface area contributed by atoms with Crippen molar-refractivity contribution < 1.29 is 14.5 Å². The van der Waals surface area contributed by atoms with Crippen molar-refractivity contribution in [3.05, 3.63) is 75.8 Å². The second-order valence-electron chi connectivity index (χ2n) is 4.47. The third-order valence-corrected chi connectivity index (χ3v) is 3.00. The summed E-state index contributed by atoms with van der Waals surface area (Å²) in [6, 6.07) is 13.0. The number of allylic oxidation sites excluding steroid dienone is 1. The van der Waals surface area contributed by atoms with Gasteiger partial charge in [0.15, 0.2) is 5.78 Å². The van der Waals surface area contributed by atoms with Crippen LogP contribution < -0.4 is 4.74 Å². The van der Waals surface area contributed by atoms with Crippen LogP contribution in [0.3, 0.4) is 0 Å². The van der Waals surface area contributed by atoms with Crippen LogP contribution in [0.5, 0.6) is 5.75 Å². The molecule has 0 N–H and O–H groups in total. The van der Waals surface area contributed by atoms with Gasteiger partial charge in [-0.25, -0.2) is 0 Å². The van der Waals surface area contributed by atoms with Crippen LogP contribution in [0.4, 0.5) is 5.69 Å². The molecule has 0 bridgehead atoms. The third-order valence-electron chi connectivity index (χ3n) is 3.00. The van der Waals surface area contributed by atoms with Gasteiger partial charge < -0.3 is 4.74 Å². The van der Waals surface area contributed by atoms with E-state index in [1.807, 2.05) is 6.92 Å². The van der Waals surface area contributed by atoms with Crippen molar-refractivity contribution in [3.8, 4) is 5.75 Å². The van der Waals surface area contributed by atoms with E-state index < -0.39 is 4.92 Å². The summed E-state index contributed by atoms with van der Waals surface area (Å²) in [6.45, 7) is 2.44. The van der Waals surface area contributed by atoms with Gasteiger partial charge in [-0.2, -0.15) is 0 Å². The monoisotopic (exact) mass is 297 g/mol. The summed E-state index contributed by atoms with van der Waals surface area (Å²) >= 11 is 0. The third kappa shape index (κ3) is 3.79. The second kappa shape index (κ2) is 7.17. The Morgan fingerprint density at radius 1 is 1.18 bits per heavy atom. The summed E-state index contributed by atoms with van der Waals surface area (Å²) in [5, 5.41) is 10.9. The molecule has 5 heteroatoms. The van der Waals surface area contributed by atoms with Gasteiger partial charge in [0.2, 0.25) is 0 Å². The number of hydrogen-bond acceptors (Lipinski definition) is 4. The Bertz CT molecular complexity index is 705. The summed E-state index contributed by atoms with van der Waals surface area (Å²) in [5.41, 5.74) is 0.864.